The summed E-state index contributed by atoms with van der Waals surface area (Å²) in [6, 6.07) is 12.4. The summed E-state index contributed by atoms with van der Waals surface area (Å²) in [5.41, 5.74) is -0.215. The minimum absolute atomic E-state index is 0.0270. The van der Waals surface area contributed by atoms with Crippen LogP contribution in [0.3, 0.4) is 0 Å². The summed E-state index contributed by atoms with van der Waals surface area (Å²) in [6.45, 7) is 8.37. The largest absolute Gasteiger partial charge is 0.480 e. The van der Waals surface area contributed by atoms with Gasteiger partial charge in [-0.05, 0) is 94.3 Å². The molecule has 2 aromatic carbocycles. The van der Waals surface area contributed by atoms with Gasteiger partial charge in [-0.15, -0.1) is 23.5 Å². The van der Waals surface area contributed by atoms with E-state index in [9.17, 15) is 70.5 Å². The number of carbonyl (C=O) groups excluding carboxylic acids is 6. The molecule has 0 saturated carbocycles. The minimum Gasteiger partial charge on any atom is -0.480 e. The van der Waals surface area contributed by atoms with Gasteiger partial charge in [0.25, 0.3) is 0 Å². The molecule has 4 aliphatic rings. The fourth-order valence-electron chi connectivity index (χ4n) is 10.9. The predicted octanol–water partition coefficient (Wildman–Crippen LogP) is 1.82. The number of carbonyl (C=O) groups is 8. The van der Waals surface area contributed by atoms with Gasteiger partial charge in [-0.2, -0.15) is 8.61 Å². The van der Waals surface area contributed by atoms with Gasteiger partial charge in [0.05, 0.1) is 43.6 Å². The van der Waals surface area contributed by atoms with Crippen molar-refractivity contribution in [2.24, 2.45) is 5.41 Å². The Kier molecular flexibility index (Phi) is 24.7. The SMILES string of the molecule is CCOCC(CO)(COCC(=O)N1CCN(C(=O)Oc2ccc(C[C@H](NC(=O)[C@H]3N(S(=O)(=O)c4cccnc4)CSC3(C)C)C(=O)O)cc2)CC1)COCC(=O)N1CCN(C(=O)Oc2ccc(C[C@H](NC(=O)[C@H]3N(S(=O)(=O)c4cccnc4)CSC3(C)C)C(=O)O)cc2)CC1. The third-order valence-corrected chi connectivity index (χ3v) is 23.0. The van der Waals surface area contributed by atoms with Gasteiger partial charge >= 0.3 is 24.1 Å². The van der Waals surface area contributed by atoms with Crippen molar-refractivity contribution in [2.75, 3.05) is 110 Å². The number of rotatable bonds is 28. The number of carboxylic acid groups (broad SMARTS) is 2. The number of piperazine rings is 2. The van der Waals surface area contributed by atoms with Crippen LogP contribution in [0.5, 0.6) is 11.5 Å². The van der Waals surface area contributed by atoms with Gasteiger partial charge in [0, 0.05) is 106 Å². The van der Waals surface area contributed by atoms with Crippen LogP contribution < -0.4 is 20.1 Å². The van der Waals surface area contributed by atoms with E-state index in [2.05, 4.69) is 20.6 Å². The number of pyridine rings is 2. The number of carboxylic acids is 2. The third-order valence-electron chi connectivity index (χ3n) is 16.4. The summed E-state index contributed by atoms with van der Waals surface area (Å²) in [5, 5.41) is 35.8. The highest BCUT2D eigenvalue weighted by Gasteiger charge is 2.53. The summed E-state index contributed by atoms with van der Waals surface area (Å²) in [7, 11) is -8.31. The molecular formula is C61H78N10O20S4. The summed E-state index contributed by atoms with van der Waals surface area (Å²) < 4.78 is 82.9. The van der Waals surface area contributed by atoms with Crippen LogP contribution in [-0.2, 0) is 75.9 Å². The molecule has 2 aromatic heterocycles. The predicted molar refractivity (Wildman–Crippen MR) is 343 cm³/mol. The van der Waals surface area contributed by atoms with Crippen molar-refractivity contribution in [1.82, 2.24) is 48.8 Å². The number of amides is 6. The Morgan fingerprint density at radius 1 is 0.568 bits per heavy atom. The molecule has 6 heterocycles. The fourth-order valence-corrected chi connectivity index (χ4v) is 17.1. The number of nitrogens with one attached hydrogen (secondary N) is 2. The standard InChI is InChI=1S/C61H78N10O20S4/c1-6-87-36-61(35-72,37-88-33-49(73)66-21-25-68(26-22-66)57(81)90-43-15-11-41(12-16-43)29-47(55(77)78)64-53(75)51-59(2,3)92-39-70(51)94(83,84)45-9-7-19-62-31-45)38-89-34-50(74)67-23-27-69(28-24-67)58(82)91-44-17-13-42(14-18-44)30-48(56(79)80)65-54(76)52-60(4,5)93-40-71(52)95(85,86)46-10-8-20-63-32-46/h7-20,31-32,47-48,51-52,72H,6,21-30,33-40H2,1-5H3,(H,64,75)(H,65,76)(H,77,78)(H,79,80)/t47-,48-,51+,52+/m0/s1. The van der Waals surface area contributed by atoms with Crippen LogP contribution in [0.25, 0.3) is 0 Å². The lowest BCUT2D eigenvalue weighted by atomic mass is 9.92. The zero-order valence-electron chi connectivity index (χ0n) is 53.0. The molecule has 6 amide bonds. The van der Waals surface area contributed by atoms with Gasteiger partial charge in [-0.1, -0.05) is 24.3 Å². The number of hydrogen-bond acceptors (Lipinski definition) is 22. The van der Waals surface area contributed by atoms with Gasteiger partial charge in [-0.25, -0.2) is 36.0 Å². The summed E-state index contributed by atoms with van der Waals surface area (Å²) in [6.07, 6.45) is 3.47. The molecule has 95 heavy (non-hydrogen) atoms. The van der Waals surface area contributed by atoms with Crippen molar-refractivity contribution >= 4 is 91.3 Å². The molecule has 8 rings (SSSR count). The Morgan fingerprint density at radius 3 is 1.25 bits per heavy atom. The first-order valence-corrected chi connectivity index (χ1v) is 35.1. The molecule has 5 N–H and O–H groups in total. The molecule has 4 fully saturated rings. The number of sulfonamides is 2. The van der Waals surface area contributed by atoms with E-state index in [4.69, 9.17) is 23.7 Å². The second-order valence-corrected chi connectivity index (χ2v) is 30.9. The number of benzene rings is 2. The number of ether oxygens (including phenoxy) is 5. The third kappa shape index (κ3) is 18.5. The van der Waals surface area contributed by atoms with Crippen LogP contribution in [0.4, 0.5) is 9.59 Å². The maximum atomic E-state index is 13.7. The van der Waals surface area contributed by atoms with Crippen molar-refractivity contribution in [3.8, 4) is 11.5 Å². The van der Waals surface area contributed by atoms with E-state index in [0.717, 1.165) is 8.61 Å². The molecule has 0 unspecified atom stereocenters. The summed E-state index contributed by atoms with van der Waals surface area (Å²) in [5.74, 6) is -4.78. The van der Waals surface area contributed by atoms with Crippen molar-refractivity contribution in [1.29, 1.82) is 0 Å². The first-order chi connectivity index (χ1) is 45.1. The van der Waals surface area contributed by atoms with Gasteiger partial charge < -0.3 is 69.2 Å². The van der Waals surface area contributed by atoms with Crippen LogP contribution in [0.1, 0.15) is 45.7 Å². The second kappa shape index (κ2) is 32.0. The Morgan fingerprint density at radius 2 is 0.926 bits per heavy atom. The van der Waals surface area contributed by atoms with E-state index in [-0.39, 0.29) is 150 Å². The van der Waals surface area contributed by atoms with E-state index in [1.165, 1.54) is 141 Å². The van der Waals surface area contributed by atoms with E-state index in [1.54, 1.807) is 34.6 Å². The van der Waals surface area contributed by atoms with Gasteiger partial charge in [0.1, 0.15) is 58.7 Å². The molecule has 30 nitrogen and oxygen atoms in total. The quantitative estimate of drug-likeness (QED) is 0.0541. The summed E-state index contributed by atoms with van der Waals surface area (Å²) in [4.78, 5) is 119. The van der Waals surface area contributed by atoms with Crippen LogP contribution in [0, 0.1) is 5.41 Å². The normalized spacial score (nSPS) is 19.1. The zero-order valence-corrected chi connectivity index (χ0v) is 56.2. The molecule has 4 atom stereocenters. The molecule has 4 aliphatic heterocycles. The van der Waals surface area contributed by atoms with E-state index >= 15 is 0 Å². The number of aliphatic hydroxyl groups is 1. The lowest BCUT2D eigenvalue weighted by Crippen LogP contribution is -2.56. The van der Waals surface area contributed by atoms with Crippen molar-refractivity contribution < 1.29 is 94.2 Å². The fraction of sp³-hybridized carbons (Fsp3) is 0.508. The van der Waals surface area contributed by atoms with E-state index < -0.39 is 102 Å². The highest BCUT2D eigenvalue weighted by molar-refractivity contribution is 8.02. The summed E-state index contributed by atoms with van der Waals surface area (Å²) >= 11 is 2.48. The average molecular weight is 1400 g/mol. The van der Waals surface area contributed by atoms with Gasteiger partial charge in [0.2, 0.25) is 43.7 Å². The van der Waals surface area contributed by atoms with Crippen molar-refractivity contribution in [2.45, 2.75) is 90.9 Å². The monoisotopic (exact) mass is 1400 g/mol. The molecule has 516 valence electrons. The molecule has 4 aromatic rings. The molecular weight excluding hydrogens is 1320 g/mol. The van der Waals surface area contributed by atoms with Crippen molar-refractivity contribution in [3.63, 3.8) is 0 Å². The van der Waals surface area contributed by atoms with E-state index in [0.29, 0.717) is 11.1 Å². The van der Waals surface area contributed by atoms with E-state index in [1.807, 2.05) is 0 Å². The van der Waals surface area contributed by atoms with Crippen molar-refractivity contribution in [3.05, 3.63) is 109 Å². The first-order valence-electron chi connectivity index (χ1n) is 30.3. The molecule has 34 heteroatoms. The molecule has 0 radical (unpaired) electrons. The number of aromatic nitrogens is 2. The second-order valence-electron chi connectivity index (χ2n) is 24.0. The maximum absolute atomic E-state index is 13.7. The van der Waals surface area contributed by atoms with Crippen LogP contribution in [-0.4, -0.2) is 262 Å². The minimum atomic E-state index is -4.16. The number of aliphatic carboxylic acids is 2. The van der Waals surface area contributed by atoms with Crippen LogP contribution >= 0.6 is 23.5 Å². The smallest absolute Gasteiger partial charge is 0.415 e. The Balaban J connectivity index is 0.726. The van der Waals surface area contributed by atoms with Gasteiger partial charge in [-0.3, -0.25) is 29.1 Å². The molecule has 4 saturated heterocycles. The Hall–Kier alpha value is -7.54. The zero-order chi connectivity index (χ0) is 68.9. The first kappa shape index (κ1) is 73.3. The Labute approximate surface area is 558 Å². The average Bonchev–Trinajstić information content (AvgIpc) is 1.64. The topological polar surface area (TPSA) is 381 Å². The molecule has 0 aliphatic carbocycles. The number of thioether (sulfide) groups is 2. The highest BCUT2D eigenvalue weighted by atomic mass is 32.2. The van der Waals surface area contributed by atoms with Crippen LogP contribution in [0.15, 0.2) is 107 Å². The van der Waals surface area contributed by atoms with Crippen LogP contribution in [0.2, 0.25) is 0 Å². The lowest BCUT2D eigenvalue weighted by molar-refractivity contribution is -0.146. The number of nitrogens with zero attached hydrogens (tertiary/aromatic N) is 8. The number of aliphatic hydroxyl groups excluding tert-OH is 1. The molecule has 0 bridgehead atoms. The lowest BCUT2D eigenvalue weighted by Gasteiger charge is -2.35. The Bertz CT molecular complexity index is 3380. The number of hydrogen-bond donors (Lipinski definition) is 5. The maximum Gasteiger partial charge on any atom is 0.415 e. The molecule has 0 spiro atoms. The van der Waals surface area contributed by atoms with Gasteiger partial charge in [0.15, 0.2) is 0 Å². The highest BCUT2D eigenvalue weighted by Crippen LogP contribution is 2.44.